The highest BCUT2D eigenvalue weighted by molar-refractivity contribution is 7.47. The molecule has 0 spiro atoms. The molecule has 0 amide bonds. The van der Waals surface area contributed by atoms with E-state index in [1.54, 1.807) is 0 Å². The molecule has 10 nitrogen and oxygen atoms in total. The minimum atomic E-state index is -4.39. The van der Waals surface area contributed by atoms with Crippen LogP contribution in [0.1, 0.15) is 168 Å². The van der Waals surface area contributed by atoms with E-state index < -0.39 is 32.5 Å². The predicted molar refractivity (Wildman–Crippen MR) is 210 cm³/mol. The maximum Gasteiger partial charge on any atom is 0.472 e. The molecule has 4 atom stereocenters. The second-order valence-electron chi connectivity index (χ2n) is 13.9. The number of epoxide rings is 1. The molecule has 52 heavy (non-hydrogen) atoms. The first-order valence-corrected chi connectivity index (χ1v) is 22.1. The van der Waals surface area contributed by atoms with Crippen molar-refractivity contribution in [1.29, 1.82) is 0 Å². The quantitative estimate of drug-likeness (QED) is 0.0206. The van der Waals surface area contributed by atoms with Crippen LogP contribution < -0.4 is 5.73 Å². The van der Waals surface area contributed by atoms with Gasteiger partial charge in [-0.25, -0.2) is 4.57 Å². The fourth-order valence-corrected chi connectivity index (χ4v) is 6.49. The van der Waals surface area contributed by atoms with Gasteiger partial charge in [-0.05, 0) is 70.6 Å². The number of hydrogen-bond acceptors (Lipinski definition) is 9. The molecule has 302 valence electrons. The van der Waals surface area contributed by atoms with E-state index in [2.05, 4.69) is 50.3 Å². The minimum absolute atomic E-state index is 0.0455. The summed E-state index contributed by atoms with van der Waals surface area (Å²) in [6, 6.07) is 0. The standard InChI is InChI=1S/C41H74NO9P/c1-3-5-7-9-11-12-13-14-15-16-17-18-19-23-27-31-40(43)47-35-37(36-49-52(45,46)48-34-33-42)50-41(44)32-28-24-20-22-26-30-39-38(51-39)29-25-21-10-8-6-4-2/h11-12,14-15,21,25,37-39H,3-10,13,16-20,22-24,26-36,42H2,1-2H3,(H,45,46)/b12-11-,15-14-,25-21-/t37-,38?,39?/m1/s1. The summed E-state index contributed by atoms with van der Waals surface area (Å²) in [4.78, 5) is 34.8. The van der Waals surface area contributed by atoms with Crippen LogP contribution in [-0.2, 0) is 37.4 Å². The molecule has 0 aromatic heterocycles. The Morgan fingerprint density at radius 2 is 1.25 bits per heavy atom. The largest absolute Gasteiger partial charge is 0.472 e. The molecular formula is C41H74NO9P. The normalized spacial score (nSPS) is 17.6. The number of phosphoric acid groups is 1. The number of esters is 2. The number of phosphoric ester groups is 1. The third-order valence-electron chi connectivity index (χ3n) is 8.92. The highest BCUT2D eigenvalue weighted by Gasteiger charge is 2.36. The molecule has 0 aromatic carbocycles. The molecule has 0 radical (unpaired) electrons. The molecule has 0 bridgehead atoms. The Bertz CT molecular complexity index is 1020. The van der Waals surface area contributed by atoms with Crippen molar-refractivity contribution in [3.8, 4) is 0 Å². The number of rotatable bonds is 37. The van der Waals surface area contributed by atoms with Gasteiger partial charge < -0.3 is 24.8 Å². The molecule has 1 rings (SSSR count). The Morgan fingerprint density at radius 1 is 0.692 bits per heavy atom. The topological polar surface area (TPSA) is 147 Å². The van der Waals surface area contributed by atoms with Gasteiger partial charge in [0.2, 0.25) is 0 Å². The van der Waals surface area contributed by atoms with Crippen LogP contribution in [0.25, 0.3) is 0 Å². The number of allylic oxidation sites excluding steroid dienone is 5. The van der Waals surface area contributed by atoms with Crippen molar-refractivity contribution >= 4 is 19.8 Å². The summed E-state index contributed by atoms with van der Waals surface area (Å²) >= 11 is 0. The van der Waals surface area contributed by atoms with Gasteiger partial charge in [0.05, 0.1) is 25.4 Å². The van der Waals surface area contributed by atoms with Crippen molar-refractivity contribution in [2.75, 3.05) is 26.4 Å². The van der Waals surface area contributed by atoms with E-state index >= 15 is 0 Å². The average Bonchev–Trinajstić information content (AvgIpc) is 3.89. The first-order chi connectivity index (χ1) is 25.3. The van der Waals surface area contributed by atoms with Gasteiger partial charge >= 0.3 is 19.8 Å². The SMILES string of the molecule is CCCCC/C=C\C/C=C\CCCCCCCC(=O)OC[C@H](COP(=O)(O)OCCN)OC(=O)CCCCCCCC1OC1C/C=C\CCCCC. The number of nitrogens with two attached hydrogens (primary N) is 1. The zero-order valence-electron chi connectivity index (χ0n) is 32.7. The first-order valence-electron chi connectivity index (χ1n) is 20.6. The van der Waals surface area contributed by atoms with E-state index in [0.717, 1.165) is 83.5 Å². The molecule has 11 heteroatoms. The number of carbonyl (C=O) groups is 2. The second-order valence-corrected chi connectivity index (χ2v) is 15.3. The molecular weight excluding hydrogens is 681 g/mol. The van der Waals surface area contributed by atoms with E-state index in [1.165, 1.54) is 44.9 Å². The average molecular weight is 756 g/mol. The van der Waals surface area contributed by atoms with Gasteiger partial charge in [0.25, 0.3) is 0 Å². The summed E-state index contributed by atoms with van der Waals surface area (Å²) in [7, 11) is -4.39. The van der Waals surface area contributed by atoms with Crippen LogP contribution in [0.3, 0.4) is 0 Å². The van der Waals surface area contributed by atoms with Crippen LogP contribution in [0.4, 0.5) is 0 Å². The zero-order chi connectivity index (χ0) is 38.0. The second kappa shape index (κ2) is 33.7. The van der Waals surface area contributed by atoms with Crippen molar-refractivity contribution < 1.29 is 42.3 Å². The van der Waals surface area contributed by atoms with E-state index in [9.17, 15) is 19.0 Å². The molecule has 0 aromatic rings. The van der Waals surface area contributed by atoms with E-state index in [-0.39, 0.29) is 32.6 Å². The Balaban J connectivity index is 2.22. The van der Waals surface area contributed by atoms with Gasteiger partial charge in [-0.15, -0.1) is 0 Å². The highest BCUT2D eigenvalue weighted by atomic mass is 31.2. The van der Waals surface area contributed by atoms with Crippen LogP contribution in [0, 0.1) is 0 Å². The first kappa shape index (κ1) is 48.2. The fourth-order valence-electron chi connectivity index (χ4n) is 5.73. The van der Waals surface area contributed by atoms with Crippen molar-refractivity contribution in [3.63, 3.8) is 0 Å². The number of unbranched alkanes of at least 4 members (excludes halogenated alkanes) is 15. The Morgan fingerprint density at radius 3 is 1.88 bits per heavy atom. The molecule has 1 fully saturated rings. The van der Waals surface area contributed by atoms with Crippen LogP contribution >= 0.6 is 7.82 Å². The maximum absolute atomic E-state index is 12.6. The summed E-state index contributed by atoms with van der Waals surface area (Å²) < 4.78 is 38.5. The summed E-state index contributed by atoms with van der Waals surface area (Å²) in [6.45, 7) is 3.62. The molecule has 1 heterocycles. The number of carbonyl (C=O) groups excluding carboxylic acids is 2. The van der Waals surface area contributed by atoms with Gasteiger partial charge in [0.1, 0.15) is 6.61 Å². The van der Waals surface area contributed by atoms with Crippen LogP contribution in [0.5, 0.6) is 0 Å². The maximum atomic E-state index is 12.6. The smallest absolute Gasteiger partial charge is 0.462 e. The Labute approximate surface area is 316 Å². The van der Waals surface area contributed by atoms with E-state index in [1.807, 2.05) is 0 Å². The summed E-state index contributed by atoms with van der Waals surface area (Å²) in [5.41, 5.74) is 5.34. The molecule has 0 aliphatic carbocycles. The third-order valence-corrected chi connectivity index (χ3v) is 9.91. The fraction of sp³-hybridized carbons (Fsp3) is 0.805. The van der Waals surface area contributed by atoms with Gasteiger partial charge in [-0.2, -0.15) is 0 Å². The third kappa shape index (κ3) is 30.6. The van der Waals surface area contributed by atoms with E-state index in [4.69, 9.17) is 29.0 Å². The predicted octanol–water partition coefficient (Wildman–Crippen LogP) is 10.4. The van der Waals surface area contributed by atoms with Gasteiger partial charge in [0, 0.05) is 19.4 Å². The van der Waals surface area contributed by atoms with Gasteiger partial charge in [-0.1, -0.05) is 121 Å². The monoisotopic (exact) mass is 756 g/mol. The van der Waals surface area contributed by atoms with Crippen molar-refractivity contribution in [3.05, 3.63) is 36.5 Å². The molecule has 1 saturated heterocycles. The lowest BCUT2D eigenvalue weighted by atomic mass is 10.1. The lowest BCUT2D eigenvalue weighted by Gasteiger charge is -2.19. The molecule has 1 aliphatic rings. The van der Waals surface area contributed by atoms with Crippen LogP contribution in [0.15, 0.2) is 36.5 Å². The lowest BCUT2D eigenvalue weighted by molar-refractivity contribution is -0.161. The summed E-state index contributed by atoms with van der Waals surface area (Å²) in [5.74, 6) is -0.869. The molecule has 1 aliphatic heterocycles. The Kier molecular flexibility index (Phi) is 31.3. The Hall–Kier alpha value is -1.81. The van der Waals surface area contributed by atoms with Crippen molar-refractivity contribution in [2.45, 2.75) is 186 Å². The zero-order valence-corrected chi connectivity index (χ0v) is 33.6. The molecule has 3 unspecified atom stereocenters. The van der Waals surface area contributed by atoms with Crippen LogP contribution in [0.2, 0.25) is 0 Å². The van der Waals surface area contributed by atoms with Crippen molar-refractivity contribution in [1.82, 2.24) is 0 Å². The lowest BCUT2D eigenvalue weighted by Crippen LogP contribution is -2.29. The summed E-state index contributed by atoms with van der Waals surface area (Å²) in [6.07, 6.45) is 37.6. The number of hydrogen-bond donors (Lipinski definition) is 2. The van der Waals surface area contributed by atoms with E-state index in [0.29, 0.717) is 25.0 Å². The van der Waals surface area contributed by atoms with Crippen LogP contribution in [-0.4, -0.2) is 61.5 Å². The molecule has 3 N–H and O–H groups in total. The summed E-state index contributed by atoms with van der Waals surface area (Å²) in [5, 5.41) is 0. The highest BCUT2D eigenvalue weighted by Crippen LogP contribution is 2.43. The van der Waals surface area contributed by atoms with Gasteiger partial charge in [-0.3, -0.25) is 18.6 Å². The van der Waals surface area contributed by atoms with Gasteiger partial charge in [0.15, 0.2) is 6.10 Å². The van der Waals surface area contributed by atoms with Crippen molar-refractivity contribution in [2.24, 2.45) is 5.73 Å². The molecule has 0 saturated carbocycles. The number of ether oxygens (including phenoxy) is 3. The minimum Gasteiger partial charge on any atom is -0.462 e.